The smallest absolute Gasteiger partial charge is 0.332 e. The van der Waals surface area contributed by atoms with E-state index in [4.69, 9.17) is 5.73 Å². The van der Waals surface area contributed by atoms with Crippen molar-refractivity contribution in [2.75, 3.05) is 5.73 Å². The monoisotopic (exact) mass is 443 g/mol. The fraction of sp³-hybridized carbons (Fsp3) is 0.400. The lowest BCUT2D eigenvalue weighted by Gasteiger charge is -2.14. The molecule has 164 valence electrons. The van der Waals surface area contributed by atoms with Crippen molar-refractivity contribution in [1.82, 2.24) is 29.3 Å². The molecule has 1 aromatic carbocycles. The molecule has 2 N–H and O–H groups in total. The lowest BCUT2D eigenvalue weighted by Crippen LogP contribution is -2.42. The average Bonchev–Trinajstić information content (AvgIpc) is 3.23. The summed E-state index contributed by atoms with van der Waals surface area (Å²) in [5.74, 6) is -0.657. The minimum atomic E-state index is -0.722. The summed E-state index contributed by atoms with van der Waals surface area (Å²) in [7, 11) is 2.72. The van der Waals surface area contributed by atoms with Gasteiger partial charge in [0, 0.05) is 14.1 Å². The van der Waals surface area contributed by atoms with Crippen molar-refractivity contribution < 1.29 is 4.79 Å². The number of carbonyl (C=O) groups excluding carboxylic acids is 1. The highest BCUT2D eigenvalue weighted by atomic mass is 32.2. The van der Waals surface area contributed by atoms with E-state index in [0.717, 1.165) is 45.8 Å². The Morgan fingerprint density at radius 1 is 1.16 bits per heavy atom. The topological polar surface area (TPSA) is 131 Å². The van der Waals surface area contributed by atoms with Crippen molar-refractivity contribution in [1.29, 1.82) is 0 Å². The van der Waals surface area contributed by atoms with Crippen LogP contribution in [-0.2, 0) is 20.5 Å². The van der Waals surface area contributed by atoms with E-state index < -0.39 is 22.3 Å². The second-order valence-electron chi connectivity index (χ2n) is 7.23. The molecule has 10 nitrogen and oxygen atoms in total. The molecule has 3 rings (SSSR count). The van der Waals surface area contributed by atoms with Crippen molar-refractivity contribution in [3.8, 4) is 5.69 Å². The van der Waals surface area contributed by atoms with Crippen molar-refractivity contribution in [3.05, 3.63) is 56.2 Å². The van der Waals surface area contributed by atoms with E-state index in [1.807, 2.05) is 24.3 Å². The Kier molecular flexibility index (Phi) is 6.74. The molecule has 2 aromatic heterocycles. The molecule has 3 aromatic rings. The number of benzene rings is 1. The quantitative estimate of drug-likeness (QED) is 0.408. The molecule has 0 bridgehead atoms. The lowest BCUT2D eigenvalue weighted by molar-refractivity contribution is 0.0992. The second-order valence-corrected chi connectivity index (χ2v) is 8.54. The van der Waals surface area contributed by atoms with Crippen molar-refractivity contribution in [2.24, 2.45) is 14.1 Å². The van der Waals surface area contributed by atoms with Gasteiger partial charge in [-0.3, -0.25) is 18.7 Å². The molecular weight excluding hydrogens is 418 g/mol. The summed E-state index contributed by atoms with van der Waals surface area (Å²) < 4.78 is 3.49. The van der Waals surface area contributed by atoms with Gasteiger partial charge in [-0.25, -0.2) is 4.79 Å². The predicted molar refractivity (Wildman–Crippen MR) is 119 cm³/mol. The summed E-state index contributed by atoms with van der Waals surface area (Å²) in [5.41, 5.74) is 6.38. The molecule has 0 saturated heterocycles. The van der Waals surface area contributed by atoms with Crippen LogP contribution in [0, 0.1) is 0 Å². The Morgan fingerprint density at radius 2 is 1.84 bits per heavy atom. The summed E-state index contributed by atoms with van der Waals surface area (Å²) in [6.07, 6.45) is 3.26. The Hall–Kier alpha value is -3.21. The molecule has 0 radical (unpaired) electrons. The number of tetrazole rings is 1. The summed E-state index contributed by atoms with van der Waals surface area (Å²) in [5, 5.41) is 11.5. The van der Waals surface area contributed by atoms with Gasteiger partial charge >= 0.3 is 5.69 Å². The van der Waals surface area contributed by atoms with Crippen molar-refractivity contribution in [3.63, 3.8) is 0 Å². The van der Waals surface area contributed by atoms with Gasteiger partial charge in [-0.2, -0.15) is 4.68 Å². The minimum Gasteiger partial charge on any atom is -0.384 e. The highest BCUT2D eigenvalue weighted by molar-refractivity contribution is 8.00. The predicted octanol–water partition coefficient (Wildman–Crippen LogP) is 1.35. The van der Waals surface area contributed by atoms with Crippen LogP contribution in [0.15, 0.2) is 39.0 Å². The number of ketones is 1. The molecule has 0 fully saturated rings. The zero-order valence-corrected chi connectivity index (χ0v) is 18.7. The molecule has 11 heteroatoms. The highest BCUT2D eigenvalue weighted by Crippen LogP contribution is 2.25. The molecule has 1 unspecified atom stereocenters. The normalized spacial score (nSPS) is 12.1. The maximum atomic E-state index is 13.0. The molecule has 0 aliphatic rings. The first-order valence-corrected chi connectivity index (χ1v) is 10.8. The van der Waals surface area contributed by atoms with E-state index in [-0.39, 0.29) is 11.4 Å². The number of nitrogens with zero attached hydrogens (tertiary/aromatic N) is 6. The van der Waals surface area contributed by atoms with Crippen LogP contribution in [0.1, 0.15) is 42.6 Å². The summed E-state index contributed by atoms with van der Waals surface area (Å²) in [6.45, 7) is 3.80. The number of aromatic nitrogens is 6. The van der Waals surface area contributed by atoms with Crippen LogP contribution in [0.4, 0.5) is 5.82 Å². The molecule has 1 atom stereocenters. The average molecular weight is 444 g/mol. The molecule has 2 heterocycles. The van der Waals surface area contributed by atoms with Gasteiger partial charge in [-0.15, -0.1) is 5.10 Å². The number of thioether (sulfide) groups is 1. The number of aryl methyl sites for hydroxylation is 1. The maximum absolute atomic E-state index is 13.0. The molecule has 0 saturated carbocycles. The summed E-state index contributed by atoms with van der Waals surface area (Å²) in [4.78, 5) is 37.5. The number of nitrogen functional groups attached to an aromatic ring is 1. The SMILES string of the molecule is CCCCc1ccc(-n2nnnc2SC(C)C(=O)c2c(N)n(C)c(=O)n(C)c2=O)cc1. The van der Waals surface area contributed by atoms with Gasteiger partial charge in [0.2, 0.25) is 5.16 Å². The molecule has 31 heavy (non-hydrogen) atoms. The first kappa shape index (κ1) is 22.5. The maximum Gasteiger partial charge on any atom is 0.332 e. The van der Waals surface area contributed by atoms with Crippen LogP contribution < -0.4 is 17.0 Å². The molecule has 0 spiro atoms. The highest BCUT2D eigenvalue weighted by Gasteiger charge is 2.27. The molecule has 0 amide bonds. The van der Waals surface area contributed by atoms with Crippen LogP contribution in [0.25, 0.3) is 5.69 Å². The van der Waals surface area contributed by atoms with Gasteiger partial charge in [-0.05, 0) is 47.9 Å². The Labute approximate surface area is 183 Å². The third-order valence-electron chi connectivity index (χ3n) is 5.05. The number of unbranched alkanes of at least 4 members (excludes halogenated alkanes) is 1. The summed E-state index contributed by atoms with van der Waals surface area (Å²) >= 11 is 1.11. The summed E-state index contributed by atoms with van der Waals surface area (Å²) in [6, 6.07) is 7.92. The van der Waals surface area contributed by atoms with Gasteiger partial charge in [0.05, 0.1) is 10.9 Å². The lowest BCUT2D eigenvalue weighted by atomic mass is 10.1. The van der Waals surface area contributed by atoms with Gasteiger partial charge < -0.3 is 5.73 Å². The zero-order chi connectivity index (χ0) is 22.7. The van der Waals surface area contributed by atoms with Crippen molar-refractivity contribution in [2.45, 2.75) is 43.5 Å². The number of nitrogens with two attached hydrogens (primary N) is 1. The van der Waals surface area contributed by atoms with E-state index in [9.17, 15) is 14.4 Å². The Balaban J connectivity index is 1.86. The minimum absolute atomic E-state index is 0.159. The number of hydrogen-bond donors (Lipinski definition) is 1. The fourth-order valence-corrected chi connectivity index (χ4v) is 3.97. The molecule has 0 aliphatic heterocycles. The zero-order valence-electron chi connectivity index (χ0n) is 17.9. The largest absolute Gasteiger partial charge is 0.384 e. The fourth-order valence-electron chi connectivity index (χ4n) is 3.11. The van der Waals surface area contributed by atoms with Gasteiger partial charge in [0.15, 0.2) is 5.78 Å². The van der Waals surface area contributed by atoms with E-state index in [2.05, 4.69) is 22.4 Å². The van der Waals surface area contributed by atoms with Gasteiger partial charge in [0.1, 0.15) is 11.4 Å². The van der Waals surface area contributed by atoms with Crippen LogP contribution >= 0.6 is 11.8 Å². The molecule has 0 aliphatic carbocycles. The van der Waals surface area contributed by atoms with E-state index in [1.54, 1.807) is 11.6 Å². The number of Topliss-reactive ketones (excluding diaryl/α,β-unsaturated/α-hetero) is 1. The van der Waals surface area contributed by atoms with Gasteiger partial charge in [-0.1, -0.05) is 37.2 Å². The Morgan fingerprint density at radius 3 is 2.48 bits per heavy atom. The standard InChI is InChI=1S/C20H25N7O3S/c1-5-6-7-13-8-10-14(11-9-13)27-19(22-23-24-27)31-12(2)16(28)15-17(21)25(3)20(30)26(4)18(15)29/h8-12H,5-7,21H2,1-4H3. The van der Waals surface area contributed by atoms with E-state index >= 15 is 0 Å². The van der Waals surface area contributed by atoms with Crippen LogP contribution in [0.5, 0.6) is 0 Å². The van der Waals surface area contributed by atoms with E-state index in [0.29, 0.717) is 5.16 Å². The van der Waals surface area contributed by atoms with Gasteiger partial charge in [0.25, 0.3) is 5.56 Å². The first-order valence-electron chi connectivity index (χ1n) is 9.90. The number of rotatable bonds is 8. The first-order chi connectivity index (χ1) is 14.8. The van der Waals surface area contributed by atoms with Crippen LogP contribution in [0.2, 0.25) is 0 Å². The van der Waals surface area contributed by atoms with Crippen LogP contribution in [-0.4, -0.2) is 40.4 Å². The number of hydrogen-bond acceptors (Lipinski definition) is 8. The number of anilines is 1. The third kappa shape index (κ3) is 4.46. The molecular formula is C20H25N7O3S. The van der Waals surface area contributed by atoms with E-state index in [1.165, 1.54) is 19.7 Å². The number of carbonyl (C=O) groups is 1. The second kappa shape index (κ2) is 9.29. The Bertz CT molecular complexity index is 1210. The van der Waals surface area contributed by atoms with Crippen molar-refractivity contribution >= 4 is 23.4 Å². The third-order valence-corrected chi connectivity index (χ3v) is 6.08. The van der Waals surface area contributed by atoms with Crippen LogP contribution in [0.3, 0.4) is 0 Å².